The van der Waals surface area contributed by atoms with Crippen LogP contribution in [0, 0.1) is 0 Å². The van der Waals surface area contributed by atoms with Gasteiger partial charge in [0.25, 0.3) is 0 Å². The Kier molecular flexibility index (Phi) is 2.65. The Bertz CT molecular complexity index is 310. The third-order valence-corrected chi connectivity index (χ3v) is 2.42. The van der Waals surface area contributed by atoms with E-state index in [1.54, 1.807) is 13.3 Å². The van der Waals surface area contributed by atoms with E-state index in [4.69, 9.17) is 10.5 Å². The van der Waals surface area contributed by atoms with Gasteiger partial charge in [-0.25, -0.2) is 4.98 Å². The number of aromatic nitrogens is 1. The maximum absolute atomic E-state index is 5.70. The van der Waals surface area contributed by atoms with Crippen LogP contribution in [0.3, 0.4) is 0 Å². The Morgan fingerprint density at radius 3 is 3.07 bits per heavy atom. The van der Waals surface area contributed by atoms with Gasteiger partial charge < -0.3 is 10.5 Å². The zero-order valence-corrected chi connectivity index (χ0v) is 8.31. The average Bonchev–Trinajstić information content (AvgIpc) is 2.16. The number of hydrogen-bond acceptors (Lipinski definition) is 4. The lowest BCUT2D eigenvalue weighted by Gasteiger charge is -2.36. The molecule has 1 aliphatic rings. The average molecular weight is 193 g/mol. The normalized spacial score (nSPS) is 17.9. The predicted molar refractivity (Wildman–Crippen MR) is 54.0 cm³/mol. The van der Waals surface area contributed by atoms with Crippen molar-refractivity contribution in [3.05, 3.63) is 23.9 Å². The molecule has 2 rings (SSSR count). The number of nitrogens with two attached hydrogens (primary N) is 1. The molecule has 1 aromatic rings. The highest BCUT2D eigenvalue weighted by molar-refractivity contribution is 5.25. The molecule has 4 nitrogen and oxygen atoms in total. The summed E-state index contributed by atoms with van der Waals surface area (Å²) in [6, 6.07) is 4.31. The minimum atomic E-state index is 0.345. The highest BCUT2D eigenvalue weighted by atomic mass is 16.5. The molecule has 0 amide bonds. The lowest BCUT2D eigenvalue weighted by atomic mass is 10.1. The summed E-state index contributed by atoms with van der Waals surface area (Å²) in [5.41, 5.74) is 6.83. The molecule has 2 heterocycles. The Morgan fingerprint density at radius 1 is 1.64 bits per heavy atom. The summed E-state index contributed by atoms with van der Waals surface area (Å²) in [5, 5.41) is 0. The highest BCUT2D eigenvalue weighted by Crippen LogP contribution is 2.18. The van der Waals surface area contributed by atoms with Crippen LogP contribution in [0.25, 0.3) is 0 Å². The van der Waals surface area contributed by atoms with Gasteiger partial charge >= 0.3 is 0 Å². The molecule has 0 bridgehead atoms. The summed E-state index contributed by atoms with van der Waals surface area (Å²) in [6.45, 7) is 2.82. The first-order chi connectivity index (χ1) is 6.79. The van der Waals surface area contributed by atoms with Crippen molar-refractivity contribution in [2.75, 3.05) is 20.2 Å². The number of ether oxygens (including phenoxy) is 1. The van der Waals surface area contributed by atoms with Crippen LogP contribution in [0.5, 0.6) is 5.88 Å². The summed E-state index contributed by atoms with van der Waals surface area (Å²) in [4.78, 5) is 6.43. The van der Waals surface area contributed by atoms with Gasteiger partial charge in [-0.3, -0.25) is 4.90 Å². The molecule has 0 atom stereocenters. The van der Waals surface area contributed by atoms with Gasteiger partial charge in [-0.05, 0) is 6.07 Å². The molecule has 4 heteroatoms. The second-order valence-corrected chi connectivity index (χ2v) is 3.63. The Morgan fingerprint density at radius 2 is 2.43 bits per heavy atom. The van der Waals surface area contributed by atoms with Gasteiger partial charge in [-0.1, -0.05) is 6.07 Å². The lowest BCUT2D eigenvalue weighted by molar-refractivity contribution is 0.140. The van der Waals surface area contributed by atoms with E-state index in [0.717, 1.165) is 25.2 Å². The van der Waals surface area contributed by atoms with Crippen molar-refractivity contribution in [1.82, 2.24) is 9.88 Å². The van der Waals surface area contributed by atoms with E-state index in [1.165, 1.54) is 0 Å². The third kappa shape index (κ3) is 1.86. The monoisotopic (exact) mass is 193 g/mol. The summed E-state index contributed by atoms with van der Waals surface area (Å²) in [7, 11) is 1.65. The molecule has 0 aromatic carbocycles. The minimum absolute atomic E-state index is 0.345. The van der Waals surface area contributed by atoms with E-state index in [9.17, 15) is 0 Å². The van der Waals surface area contributed by atoms with Crippen LogP contribution in [0.15, 0.2) is 18.3 Å². The van der Waals surface area contributed by atoms with Crippen LogP contribution in [-0.2, 0) is 6.54 Å². The summed E-state index contributed by atoms with van der Waals surface area (Å²) in [5.74, 6) is 0.716. The zero-order chi connectivity index (χ0) is 9.97. The van der Waals surface area contributed by atoms with Crippen molar-refractivity contribution in [3.63, 3.8) is 0 Å². The van der Waals surface area contributed by atoms with E-state index in [1.807, 2.05) is 12.1 Å². The number of hydrogen-bond donors (Lipinski definition) is 1. The summed E-state index contributed by atoms with van der Waals surface area (Å²) < 4.78 is 5.17. The van der Waals surface area contributed by atoms with E-state index in [0.29, 0.717) is 11.9 Å². The number of pyridine rings is 1. The van der Waals surface area contributed by atoms with Crippen molar-refractivity contribution >= 4 is 0 Å². The van der Waals surface area contributed by atoms with Crippen LogP contribution in [0.4, 0.5) is 0 Å². The second kappa shape index (κ2) is 3.94. The molecule has 76 valence electrons. The first kappa shape index (κ1) is 9.43. The molecule has 1 aromatic heterocycles. The fourth-order valence-electron chi connectivity index (χ4n) is 1.71. The maximum atomic E-state index is 5.70. The minimum Gasteiger partial charge on any atom is -0.481 e. The maximum Gasteiger partial charge on any atom is 0.217 e. The van der Waals surface area contributed by atoms with E-state index >= 15 is 0 Å². The molecule has 0 aliphatic carbocycles. The van der Waals surface area contributed by atoms with Crippen LogP contribution in [-0.4, -0.2) is 36.1 Å². The van der Waals surface area contributed by atoms with E-state index in [-0.39, 0.29) is 0 Å². The Labute approximate surface area is 83.7 Å². The molecule has 0 saturated carbocycles. The third-order valence-electron chi connectivity index (χ3n) is 2.42. The van der Waals surface area contributed by atoms with Crippen molar-refractivity contribution in [2.45, 2.75) is 12.6 Å². The molecule has 0 radical (unpaired) electrons. The molecular formula is C10H15N3O. The summed E-state index contributed by atoms with van der Waals surface area (Å²) >= 11 is 0. The first-order valence-corrected chi connectivity index (χ1v) is 4.75. The molecule has 0 unspecified atom stereocenters. The van der Waals surface area contributed by atoms with Gasteiger partial charge in [0.2, 0.25) is 5.88 Å². The fourth-order valence-corrected chi connectivity index (χ4v) is 1.71. The van der Waals surface area contributed by atoms with Gasteiger partial charge in [0.15, 0.2) is 0 Å². The standard InChI is InChI=1S/C10H15N3O/c1-14-10-8(3-2-4-12-10)5-13-6-9(11)7-13/h2-4,9H,5-7,11H2,1H3. The fraction of sp³-hybridized carbons (Fsp3) is 0.500. The Balaban J connectivity index is 2.01. The second-order valence-electron chi connectivity index (χ2n) is 3.63. The lowest BCUT2D eigenvalue weighted by Crippen LogP contribution is -2.54. The highest BCUT2D eigenvalue weighted by Gasteiger charge is 2.23. The quantitative estimate of drug-likeness (QED) is 0.746. The smallest absolute Gasteiger partial charge is 0.217 e. The largest absolute Gasteiger partial charge is 0.481 e. The van der Waals surface area contributed by atoms with Crippen molar-refractivity contribution in [1.29, 1.82) is 0 Å². The molecule has 1 fully saturated rings. The molecule has 2 N–H and O–H groups in total. The first-order valence-electron chi connectivity index (χ1n) is 4.75. The van der Waals surface area contributed by atoms with Crippen LogP contribution in [0.2, 0.25) is 0 Å². The van der Waals surface area contributed by atoms with Crippen molar-refractivity contribution in [2.24, 2.45) is 5.73 Å². The molecule has 1 aliphatic heterocycles. The molecule has 0 spiro atoms. The topological polar surface area (TPSA) is 51.4 Å². The molecular weight excluding hydrogens is 178 g/mol. The van der Waals surface area contributed by atoms with Crippen LogP contribution < -0.4 is 10.5 Å². The van der Waals surface area contributed by atoms with Gasteiger partial charge in [0.1, 0.15) is 0 Å². The van der Waals surface area contributed by atoms with Crippen molar-refractivity contribution in [3.8, 4) is 5.88 Å². The summed E-state index contributed by atoms with van der Waals surface area (Å²) in [6.07, 6.45) is 1.74. The molecule has 1 saturated heterocycles. The van der Waals surface area contributed by atoms with Gasteiger partial charge in [0.05, 0.1) is 7.11 Å². The molecule has 14 heavy (non-hydrogen) atoms. The van der Waals surface area contributed by atoms with Crippen LogP contribution >= 0.6 is 0 Å². The number of rotatable bonds is 3. The van der Waals surface area contributed by atoms with Crippen LogP contribution in [0.1, 0.15) is 5.56 Å². The van der Waals surface area contributed by atoms with E-state index < -0.39 is 0 Å². The number of nitrogens with zero attached hydrogens (tertiary/aromatic N) is 2. The van der Waals surface area contributed by atoms with E-state index in [2.05, 4.69) is 9.88 Å². The number of methoxy groups -OCH3 is 1. The Hall–Kier alpha value is -1.13. The van der Waals surface area contributed by atoms with Gasteiger partial charge in [0, 0.05) is 37.4 Å². The van der Waals surface area contributed by atoms with Gasteiger partial charge in [-0.15, -0.1) is 0 Å². The SMILES string of the molecule is COc1ncccc1CN1CC(N)C1. The van der Waals surface area contributed by atoms with Crippen molar-refractivity contribution < 1.29 is 4.74 Å². The van der Waals surface area contributed by atoms with Gasteiger partial charge in [-0.2, -0.15) is 0 Å². The zero-order valence-electron chi connectivity index (χ0n) is 8.31. The predicted octanol–water partition coefficient (Wildman–Crippen LogP) is 0.233. The number of likely N-dealkylation sites (tertiary alicyclic amines) is 1.